The Morgan fingerprint density at radius 1 is 0.789 bits per heavy atom. The summed E-state index contributed by atoms with van der Waals surface area (Å²) in [5, 5.41) is 0. The average molecular weight is 392 g/mol. The SMILES string of the molecule is O=P(CCP(CCCl)CCCl)(OCCCl)OCCCl. The van der Waals surface area contributed by atoms with Crippen molar-refractivity contribution >= 4 is 61.9 Å². The fourth-order valence-electron chi connectivity index (χ4n) is 1.35. The highest BCUT2D eigenvalue weighted by molar-refractivity contribution is 7.60. The third kappa shape index (κ3) is 11.0. The summed E-state index contributed by atoms with van der Waals surface area (Å²) < 4.78 is 23.0. The molecule has 0 fully saturated rings. The summed E-state index contributed by atoms with van der Waals surface area (Å²) >= 11 is 22.6. The summed E-state index contributed by atoms with van der Waals surface area (Å²) in [5.74, 6) is 1.76. The highest BCUT2D eigenvalue weighted by Crippen LogP contribution is 2.51. The Kier molecular flexibility index (Phi) is 14.6. The molecule has 0 aromatic rings. The lowest BCUT2D eigenvalue weighted by Gasteiger charge is -2.21. The van der Waals surface area contributed by atoms with Gasteiger partial charge in [0.1, 0.15) is 0 Å². The van der Waals surface area contributed by atoms with Crippen molar-refractivity contribution in [1.82, 2.24) is 0 Å². The minimum Gasteiger partial charge on any atom is -0.307 e. The Bertz CT molecular complexity index is 241. The van der Waals surface area contributed by atoms with Gasteiger partial charge in [-0.05, 0) is 18.5 Å². The van der Waals surface area contributed by atoms with E-state index in [-0.39, 0.29) is 32.9 Å². The monoisotopic (exact) mass is 390 g/mol. The minimum atomic E-state index is -3.09. The van der Waals surface area contributed by atoms with E-state index in [4.69, 9.17) is 55.5 Å². The molecule has 0 rings (SSSR count). The highest BCUT2D eigenvalue weighted by atomic mass is 35.5. The quantitative estimate of drug-likeness (QED) is 0.338. The molecule has 0 aliphatic carbocycles. The molecule has 0 saturated heterocycles. The van der Waals surface area contributed by atoms with Crippen molar-refractivity contribution in [3.63, 3.8) is 0 Å². The van der Waals surface area contributed by atoms with Crippen LogP contribution in [0.4, 0.5) is 0 Å². The number of hydrogen-bond donors (Lipinski definition) is 0. The molecule has 0 aliphatic heterocycles. The molecule has 0 unspecified atom stereocenters. The molecule has 9 heteroatoms. The maximum Gasteiger partial charge on any atom is 0.331 e. The van der Waals surface area contributed by atoms with Gasteiger partial charge in [-0.15, -0.1) is 54.3 Å². The summed E-state index contributed by atoms with van der Waals surface area (Å²) in [4.78, 5) is 0. The molecule has 3 nitrogen and oxygen atoms in total. The first kappa shape index (κ1) is 20.7. The van der Waals surface area contributed by atoms with Crippen LogP contribution in [0.1, 0.15) is 0 Å². The van der Waals surface area contributed by atoms with Crippen LogP contribution in [-0.4, -0.2) is 61.4 Å². The second-order valence-corrected chi connectivity index (χ2v) is 9.98. The van der Waals surface area contributed by atoms with Gasteiger partial charge in [0.05, 0.1) is 19.4 Å². The van der Waals surface area contributed by atoms with E-state index in [1.807, 2.05) is 0 Å². The van der Waals surface area contributed by atoms with E-state index in [9.17, 15) is 4.57 Å². The standard InChI is InChI=1S/C10H20Cl4O3P2/c11-1-5-16-19(15,17-6-2-12)10-9-18(7-3-13)8-4-14/h1-10H2. The van der Waals surface area contributed by atoms with Crippen LogP contribution < -0.4 is 0 Å². The van der Waals surface area contributed by atoms with Crippen LogP contribution in [0.25, 0.3) is 0 Å². The third-order valence-electron chi connectivity index (χ3n) is 2.22. The van der Waals surface area contributed by atoms with E-state index in [1.54, 1.807) is 0 Å². The number of hydrogen-bond acceptors (Lipinski definition) is 3. The van der Waals surface area contributed by atoms with Gasteiger partial charge in [0.2, 0.25) is 0 Å². The van der Waals surface area contributed by atoms with Crippen molar-refractivity contribution in [2.75, 3.05) is 61.4 Å². The molecule has 19 heavy (non-hydrogen) atoms. The predicted molar refractivity (Wildman–Crippen MR) is 88.8 cm³/mol. The lowest BCUT2D eigenvalue weighted by molar-refractivity contribution is 0.223. The first-order valence-electron chi connectivity index (χ1n) is 5.96. The van der Waals surface area contributed by atoms with E-state index >= 15 is 0 Å². The first-order valence-corrected chi connectivity index (χ1v) is 11.7. The van der Waals surface area contributed by atoms with Gasteiger partial charge < -0.3 is 9.05 Å². The summed E-state index contributed by atoms with van der Waals surface area (Å²) in [6.07, 6.45) is 2.97. The third-order valence-corrected chi connectivity index (χ3v) is 8.28. The van der Waals surface area contributed by atoms with Gasteiger partial charge in [0.25, 0.3) is 0 Å². The Balaban J connectivity index is 4.31. The number of halogens is 4. The van der Waals surface area contributed by atoms with Crippen LogP contribution in [0.2, 0.25) is 0 Å². The van der Waals surface area contributed by atoms with Crippen LogP contribution in [0, 0.1) is 0 Å². The van der Waals surface area contributed by atoms with E-state index in [0.717, 1.165) is 18.5 Å². The lowest BCUT2D eigenvalue weighted by atomic mass is 10.9. The van der Waals surface area contributed by atoms with Gasteiger partial charge >= 0.3 is 7.60 Å². The van der Waals surface area contributed by atoms with Gasteiger partial charge in [-0.2, -0.15) is 0 Å². The molecule has 0 aromatic heterocycles. The Morgan fingerprint density at radius 2 is 1.26 bits per heavy atom. The average Bonchev–Trinajstić information content (AvgIpc) is 2.41. The fraction of sp³-hybridized carbons (Fsp3) is 1.00. The molecule has 0 spiro atoms. The van der Waals surface area contributed by atoms with Crippen molar-refractivity contribution in [2.45, 2.75) is 0 Å². The molecule has 0 bridgehead atoms. The van der Waals surface area contributed by atoms with Crippen LogP contribution >= 0.6 is 61.9 Å². The van der Waals surface area contributed by atoms with Gasteiger partial charge in [-0.25, -0.2) is 0 Å². The second-order valence-electron chi connectivity index (χ2n) is 3.60. The predicted octanol–water partition coefficient (Wildman–Crippen LogP) is 4.65. The maximum absolute atomic E-state index is 12.4. The molecule has 0 amide bonds. The van der Waals surface area contributed by atoms with Crippen LogP contribution in [-0.2, 0) is 13.6 Å². The molecule has 0 aromatic carbocycles. The Morgan fingerprint density at radius 3 is 1.63 bits per heavy atom. The summed E-state index contributed by atoms with van der Waals surface area (Å²) in [7, 11) is -3.41. The lowest BCUT2D eigenvalue weighted by Crippen LogP contribution is -2.08. The molecule has 0 saturated carbocycles. The van der Waals surface area contributed by atoms with E-state index in [1.165, 1.54) is 0 Å². The molecule has 0 N–H and O–H groups in total. The first-order chi connectivity index (χ1) is 9.11. The Labute approximate surface area is 136 Å². The topological polar surface area (TPSA) is 35.5 Å². The highest BCUT2D eigenvalue weighted by Gasteiger charge is 2.25. The van der Waals surface area contributed by atoms with Gasteiger partial charge in [0.15, 0.2) is 0 Å². The van der Waals surface area contributed by atoms with Crippen LogP contribution in [0.15, 0.2) is 0 Å². The van der Waals surface area contributed by atoms with Gasteiger partial charge in [-0.3, -0.25) is 4.57 Å². The normalized spacial score (nSPS) is 12.3. The summed E-state index contributed by atoms with van der Waals surface area (Å²) in [5.41, 5.74) is 0. The number of alkyl halides is 4. The molecule has 0 heterocycles. The molecule has 0 atom stereocenters. The van der Waals surface area contributed by atoms with Crippen molar-refractivity contribution in [1.29, 1.82) is 0 Å². The minimum absolute atomic E-state index is 0.212. The maximum atomic E-state index is 12.4. The molecule has 0 radical (unpaired) electrons. The smallest absolute Gasteiger partial charge is 0.307 e. The fourth-order valence-corrected chi connectivity index (χ4v) is 7.49. The Hall–Kier alpha value is 1.74. The zero-order valence-electron chi connectivity index (χ0n) is 10.7. The number of rotatable bonds is 13. The van der Waals surface area contributed by atoms with Gasteiger partial charge in [0, 0.05) is 23.5 Å². The van der Waals surface area contributed by atoms with E-state index < -0.39 is 7.60 Å². The van der Waals surface area contributed by atoms with Gasteiger partial charge in [-0.1, -0.05) is 0 Å². The van der Waals surface area contributed by atoms with Crippen LogP contribution in [0.3, 0.4) is 0 Å². The van der Waals surface area contributed by atoms with Crippen LogP contribution in [0.5, 0.6) is 0 Å². The van der Waals surface area contributed by atoms with E-state index in [2.05, 4.69) is 0 Å². The van der Waals surface area contributed by atoms with Crippen molar-refractivity contribution in [2.24, 2.45) is 0 Å². The summed E-state index contributed by atoms with van der Waals surface area (Å²) in [6.45, 7) is 0.425. The molecule has 116 valence electrons. The molecular formula is C10H20Cl4O3P2. The van der Waals surface area contributed by atoms with Crippen molar-refractivity contribution in [3.8, 4) is 0 Å². The van der Waals surface area contributed by atoms with Crippen molar-refractivity contribution in [3.05, 3.63) is 0 Å². The zero-order valence-corrected chi connectivity index (χ0v) is 15.5. The van der Waals surface area contributed by atoms with Crippen molar-refractivity contribution < 1.29 is 13.6 Å². The second kappa shape index (κ2) is 13.4. The zero-order chi connectivity index (χ0) is 14.6. The largest absolute Gasteiger partial charge is 0.331 e. The molecule has 0 aliphatic rings. The van der Waals surface area contributed by atoms with E-state index in [0.29, 0.717) is 17.9 Å². The molecular weight excluding hydrogens is 372 g/mol. The summed E-state index contributed by atoms with van der Waals surface area (Å²) in [6, 6.07) is 0.